The lowest BCUT2D eigenvalue weighted by Gasteiger charge is -2.17. The van der Waals surface area contributed by atoms with Crippen LogP contribution in [0.2, 0.25) is 0 Å². The second-order valence-electron chi connectivity index (χ2n) is 4.60. The molecule has 19 heavy (non-hydrogen) atoms. The van der Waals surface area contributed by atoms with E-state index in [1.54, 1.807) is 18.2 Å². The Balaban J connectivity index is 2.52. The summed E-state index contributed by atoms with van der Waals surface area (Å²) in [5, 5.41) is 10.6. The third-order valence-corrected chi connectivity index (χ3v) is 3.12. The summed E-state index contributed by atoms with van der Waals surface area (Å²) < 4.78 is 37.8. The van der Waals surface area contributed by atoms with Crippen molar-refractivity contribution in [1.82, 2.24) is 0 Å². The van der Waals surface area contributed by atoms with Crippen molar-refractivity contribution in [2.75, 3.05) is 0 Å². The third kappa shape index (κ3) is 2.89. The summed E-state index contributed by atoms with van der Waals surface area (Å²) in [4.78, 5) is 0. The van der Waals surface area contributed by atoms with Gasteiger partial charge in [-0.2, -0.15) is 13.2 Å². The summed E-state index contributed by atoms with van der Waals surface area (Å²) >= 11 is 0. The van der Waals surface area contributed by atoms with Gasteiger partial charge >= 0.3 is 6.18 Å². The second kappa shape index (κ2) is 5.21. The van der Waals surface area contributed by atoms with Crippen LogP contribution in [0.25, 0.3) is 10.8 Å². The molecule has 0 radical (unpaired) electrons. The number of hydrogen-bond donors (Lipinski definition) is 1. The zero-order valence-corrected chi connectivity index (χ0v) is 10.5. The highest BCUT2D eigenvalue weighted by molar-refractivity contribution is 5.86. The molecule has 1 nitrogen and oxygen atoms in total. The summed E-state index contributed by atoms with van der Waals surface area (Å²) in [5.74, 6) is 0. The topological polar surface area (TPSA) is 20.2 Å². The van der Waals surface area contributed by atoms with E-state index in [0.29, 0.717) is 5.39 Å². The molecule has 0 aliphatic carbocycles. The van der Waals surface area contributed by atoms with Crippen molar-refractivity contribution < 1.29 is 18.3 Å². The van der Waals surface area contributed by atoms with Gasteiger partial charge in [0.25, 0.3) is 0 Å². The van der Waals surface area contributed by atoms with E-state index in [0.717, 1.165) is 23.8 Å². The van der Waals surface area contributed by atoms with Crippen molar-refractivity contribution in [3.8, 4) is 0 Å². The maximum Gasteiger partial charge on any atom is 0.418 e. The van der Waals surface area contributed by atoms with Crippen LogP contribution >= 0.6 is 0 Å². The molecule has 0 aliphatic rings. The number of rotatable bonds is 3. The molecule has 0 spiro atoms. The van der Waals surface area contributed by atoms with Crippen LogP contribution in [0.15, 0.2) is 36.4 Å². The Morgan fingerprint density at radius 2 is 1.89 bits per heavy atom. The van der Waals surface area contributed by atoms with Crippen LogP contribution in [0.5, 0.6) is 0 Å². The Labute approximate surface area is 109 Å². The number of hydrogen-bond acceptors (Lipinski definition) is 1. The molecule has 2 aromatic rings. The van der Waals surface area contributed by atoms with Crippen molar-refractivity contribution in [2.24, 2.45) is 0 Å². The zero-order chi connectivity index (χ0) is 14.0. The lowest BCUT2D eigenvalue weighted by Crippen LogP contribution is -2.20. The number of fused-ring (bicyclic) bond motifs is 1. The monoisotopic (exact) mass is 268 g/mol. The molecule has 0 fully saturated rings. The molecule has 0 saturated heterocycles. The van der Waals surface area contributed by atoms with E-state index < -0.39 is 12.3 Å². The first-order chi connectivity index (χ1) is 8.93. The van der Waals surface area contributed by atoms with Gasteiger partial charge in [-0.05, 0) is 28.3 Å². The molecule has 1 unspecified atom stereocenters. The van der Waals surface area contributed by atoms with E-state index in [1.807, 2.05) is 19.1 Å². The van der Waals surface area contributed by atoms with Crippen molar-refractivity contribution >= 4 is 10.8 Å². The number of alkyl halides is 3. The first-order valence-electron chi connectivity index (χ1n) is 6.20. The Hall–Kier alpha value is -1.55. The average molecular weight is 268 g/mol. The Kier molecular flexibility index (Phi) is 3.80. The molecule has 102 valence electrons. The molecule has 2 rings (SSSR count). The lowest BCUT2D eigenvalue weighted by molar-refractivity contribution is -0.206. The number of aryl methyl sites for hydroxylation is 1. The van der Waals surface area contributed by atoms with Gasteiger partial charge < -0.3 is 5.11 Å². The minimum atomic E-state index is -4.64. The molecule has 1 atom stereocenters. The fraction of sp³-hybridized carbons (Fsp3) is 0.333. The van der Waals surface area contributed by atoms with Gasteiger partial charge in [-0.1, -0.05) is 49.7 Å². The average Bonchev–Trinajstić information content (AvgIpc) is 2.36. The highest BCUT2D eigenvalue weighted by Crippen LogP contribution is 2.36. The minimum Gasteiger partial charge on any atom is -0.379 e. The van der Waals surface area contributed by atoms with Gasteiger partial charge in [0.2, 0.25) is 0 Å². The molecule has 0 heterocycles. The summed E-state index contributed by atoms with van der Waals surface area (Å²) in [6.45, 7) is 2.05. The van der Waals surface area contributed by atoms with Gasteiger partial charge in [0, 0.05) is 0 Å². The molecule has 4 heteroatoms. The predicted molar refractivity (Wildman–Crippen MR) is 69.0 cm³/mol. The Bertz CT molecular complexity index is 575. The summed E-state index contributed by atoms with van der Waals surface area (Å²) in [6, 6.07) is 9.98. The van der Waals surface area contributed by atoms with Crippen LogP contribution < -0.4 is 0 Å². The largest absolute Gasteiger partial charge is 0.418 e. The zero-order valence-electron chi connectivity index (χ0n) is 10.5. The minimum absolute atomic E-state index is 0.0898. The highest BCUT2D eigenvalue weighted by Gasteiger charge is 2.40. The Morgan fingerprint density at radius 3 is 2.53 bits per heavy atom. The molecule has 0 aromatic heterocycles. The quantitative estimate of drug-likeness (QED) is 0.875. The van der Waals surface area contributed by atoms with Crippen LogP contribution in [0.3, 0.4) is 0 Å². The SMILES string of the molecule is CCCc1ccc2c(C(O)C(F)(F)F)cccc2c1. The van der Waals surface area contributed by atoms with Crippen LogP contribution in [-0.2, 0) is 6.42 Å². The van der Waals surface area contributed by atoms with Gasteiger partial charge in [-0.25, -0.2) is 0 Å². The van der Waals surface area contributed by atoms with Crippen LogP contribution in [0, 0.1) is 0 Å². The van der Waals surface area contributed by atoms with E-state index in [-0.39, 0.29) is 5.56 Å². The van der Waals surface area contributed by atoms with E-state index >= 15 is 0 Å². The highest BCUT2D eigenvalue weighted by atomic mass is 19.4. The van der Waals surface area contributed by atoms with Gasteiger partial charge in [0.05, 0.1) is 0 Å². The van der Waals surface area contributed by atoms with Gasteiger partial charge in [-0.3, -0.25) is 0 Å². The van der Waals surface area contributed by atoms with E-state index in [1.165, 1.54) is 6.07 Å². The summed E-state index contributed by atoms with van der Waals surface area (Å²) in [7, 11) is 0. The van der Waals surface area contributed by atoms with Crippen molar-refractivity contribution in [3.05, 3.63) is 47.5 Å². The number of halogens is 3. The molecule has 2 aromatic carbocycles. The Morgan fingerprint density at radius 1 is 1.16 bits per heavy atom. The molecule has 0 saturated carbocycles. The van der Waals surface area contributed by atoms with Crippen LogP contribution in [0.1, 0.15) is 30.6 Å². The smallest absolute Gasteiger partial charge is 0.379 e. The number of aliphatic hydroxyl groups is 1. The maximum absolute atomic E-state index is 12.6. The van der Waals surface area contributed by atoms with Gasteiger partial charge in [-0.15, -0.1) is 0 Å². The predicted octanol–water partition coefficient (Wildman–Crippen LogP) is 4.39. The standard InChI is InChI=1S/C15H15F3O/c1-2-4-10-7-8-12-11(9-10)5-3-6-13(12)14(19)15(16,17)18/h3,5-9,14,19H,2,4H2,1H3. The van der Waals surface area contributed by atoms with Crippen LogP contribution in [-0.4, -0.2) is 11.3 Å². The summed E-state index contributed by atoms with van der Waals surface area (Å²) in [6.07, 6.45) is -5.21. The number of benzene rings is 2. The van der Waals surface area contributed by atoms with Gasteiger partial charge in [0.1, 0.15) is 0 Å². The normalized spacial score (nSPS) is 13.7. The molecular weight excluding hydrogens is 253 g/mol. The third-order valence-electron chi connectivity index (χ3n) is 3.12. The molecular formula is C15H15F3O. The van der Waals surface area contributed by atoms with E-state index in [9.17, 15) is 18.3 Å². The van der Waals surface area contributed by atoms with Crippen molar-refractivity contribution in [1.29, 1.82) is 0 Å². The van der Waals surface area contributed by atoms with Crippen LogP contribution in [0.4, 0.5) is 13.2 Å². The fourth-order valence-electron chi connectivity index (χ4n) is 2.22. The van der Waals surface area contributed by atoms with E-state index in [2.05, 4.69) is 0 Å². The molecule has 0 amide bonds. The fourth-order valence-corrected chi connectivity index (χ4v) is 2.22. The van der Waals surface area contributed by atoms with E-state index in [4.69, 9.17) is 0 Å². The molecule has 0 bridgehead atoms. The number of aliphatic hydroxyl groups excluding tert-OH is 1. The van der Waals surface area contributed by atoms with Gasteiger partial charge in [0.15, 0.2) is 6.10 Å². The van der Waals surface area contributed by atoms with Crippen molar-refractivity contribution in [3.63, 3.8) is 0 Å². The first kappa shape index (κ1) is 13.9. The lowest BCUT2D eigenvalue weighted by atomic mass is 9.97. The maximum atomic E-state index is 12.6. The molecule has 1 N–H and O–H groups in total. The molecule has 0 aliphatic heterocycles. The first-order valence-corrected chi connectivity index (χ1v) is 6.20. The van der Waals surface area contributed by atoms with Crippen molar-refractivity contribution in [2.45, 2.75) is 32.0 Å². The second-order valence-corrected chi connectivity index (χ2v) is 4.60. The summed E-state index contributed by atoms with van der Waals surface area (Å²) in [5.41, 5.74) is 1.00.